The predicted molar refractivity (Wildman–Crippen MR) is 124 cm³/mol. The van der Waals surface area contributed by atoms with Crippen molar-refractivity contribution in [2.24, 2.45) is 11.3 Å². The molecule has 0 spiro atoms. The van der Waals surface area contributed by atoms with Gasteiger partial charge < -0.3 is 15.7 Å². The third-order valence-electron chi connectivity index (χ3n) is 5.81. The Balaban J connectivity index is 1.91. The molecule has 0 saturated heterocycles. The fourth-order valence-electron chi connectivity index (χ4n) is 3.98. The van der Waals surface area contributed by atoms with Gasteiger partial charge in [0.25, 0.3) is 5.91 Å². The number of carbonyl (C=O) groups is 3. The number of aliphatic carboxylic acids is 1. The molecule has 31 heavy (non-hydrogen) atoms. The summed E-state index contributed by atoms with van der Waals surface area (Å²) < 4.78 is 0. The molecule has 2 amide bonds. The van der Waals surface area contributed by atoms with Gasteiger partial charge in [0.1, 0.15) is 5.00 Å². The van der Waals surface area contributed by atoms with Gasteiger partial charge in [-0.1, -0.05) is 32.9 Å². The van der Waals surface area contributed by atoms with E-state index >= 15 is 0 Å². The topological polar surface area (TPSA) is 95.5 Å². The van der Waals surface area contributed by atoms with Gasteiger partial charge in [0.05, 0.1) is 12.0 Å². The Morgan fingerprint density at radius 2 is 1.90 bits per heavy atom. The second-order valence-electron chi connectivity index (χ2n) is 9.28. The fourth-order valence-corrected chi connectivity index (χ4v) is 5.32. The number of carboxylic acid groups (broad SMARTS) is 1. The molecule has 0 radical (unpaired) electrons. The first-order valence-corrected chi connectivity index (χ1v) is 11.4. The van der Waals surface area contributed by atoms with Crippen molar-refractivity contribution >= 4 is 39.8 Å². The lowest BCUT2D eigenvalue weighted by molar-refractivity contribution is -0.138. The second-order valence-corrected chi connectivity index (χ2v) is 10.4. The highest BCUT2D eigenvalue weighted by Gasteiger charge is 2.34. The molecule has 1 atom stereocenters. The zero-order valence-corrected chi connectivity index (χ0v) is 19.3. The van der Waals surface area contributed by atoms with Crippen molar-refractivity contribution in [2.75, 3.05) is 10.6 Å². The van der Waals surface area contributed by atoms with Gasteiger partial charge in [-0.05, 0) is 60.8 Å². The minimum absolute atomic E-state index is 0.124. The van der Waals surface area contributed by atoms with Crippen molar-refractivity contribution < 1.29 is 19.5 Å². The lowest BCUT2D eigenvalue weighted by Gasteiger charge is -2.33. The Morgan fingerprint density at radius 3 is 2.55 bits per heavy atom. The molecule has 1 heterocycles. The average molecular weight is 443 g/mol. The number of hydrogen-bond acceptors (Lipinski definition) is 4. The smallest absolute Gasteiger partial charge is 0.303 e. The van der Waals surface area contributed by atoms with Crippen LogP contribution in [0.25, 0.3) is 0 Å². The van der Waals surface area contributed by atoms with E-state index < -0.39 is 11.9 Å². The molecule has 1 aromatic heterocycles. The zero-order valence-electron chi connectivity index (χ0n) is 18.5. The normalized spacial score (nSPS) is 15.8. The summed E-state index contributed by atoms with van der Waals surface area (Å²) in [6.45, 7) is 8.66. The van der Waals surface area contributed by atoms with Gasteiger partial charge in [-0.25, -0.2) is 0 Å². The SMILES string of the molecule is Cc1cccc(NC(=O)c2c(NC(=O)CCC(=O)O)sc3c2CC[C@H](C(C)(C)C)C3)c1. The van der Waals surface area contributed by atoms with Gasteiger partial charge in [0.2, 0.25) is 5.91 Å². The monoisotopic (exact) mass is 442 g/mol. The van der Waals surface area contributed by atoms with Crippen LogP contribution in [0.15, 0.2) is 24.3 Å². The molecule has 1 aromatic carbocycles. The van der Waals surface area contributed by atoms with Gasteiger partial charge in [0.15, 0.2) is 0 Å². The van der Waals surface area contributed by atoms with E-state index in [-0.39, 0.29) is 24.2 Å². The molecule has 7 heteroatoms. The highest BCUT2D eigenvalue weighted by Crippen LogP contribution is 2.44. The number of aryl methyl sites for hydroxylation is 1. The maximum atomic E-state index is 13.3. The van der Waals surface area contributed by atoms with Crippen LogP contribution in [-0.4, -0.2) is 22.9 Å². The van der Waals surface area contributed by atoms with Crippen LogP contribution >= 0.6 is 11.3 Å². The Kier molecular flexibility index (Phi) is 6.84. The number of thiophene rings is 1. The average Bonchev–Trinajstić information content (AvgIpc) is 3.02. The number of fused-ring (bicyclic) bond motifs is 1. The Hall–Kier alpha value is -2.67. The number of anilines is 2. The summed E-state index contributed by atoms with van der Waals surface area (Å²) >= 11 is 1.45. The number of carboxylic acids is 1. The summed E-state index contributed by atoms with van der Waals surface area (Å²) in [4.78, 5) is 37.5. The molecule has 166 valence electrons. The molecule has 0 bridgehead atoms. The molecule has 3 rings (SSSR count). The summed E-state index contributed by atoms with van der Waals surface area (Å²) in [5, 5.41) is 15.1. The van der Waals surface area contributed by atoms with Gasteiger partial charge in [0, 0.05) is 17.0 Å². The summed E-state index contributed by atoms with van der Waals surface area (Å²) in [6.07, 6.45) is 2.29. The van der Waals surface area contributed by atoms with Crippen molar-refractivity contribution in [2.45, 2.75) is 59.8 Å². The molecule has 0 aliphatic heterocycles. The van der Waals surface area contributed by atoms with Crippen molar-refractivity contribution in [3.8, 4) is 0 Å². The summed E-state index contributed by atoms with van der Waals surface area (Å²) in [5.41, 5.74) is 3.43. The summed E-state index contributed by atoms with van der Waals surface area (Å²) in [7, 11) is 0. The number of carbonyl (C=O) groups excluding carboxylic acids is 2. The van der Waals surface area contributed by atoms with Crippen LogP contribution in [0.2, 0.25) is 0 Å². The van der Waals surface area contributed by atoms with E-state index in [1.165, 1.54) is 11.3 Å². The highest BCUT2D eigenvalue weighted by molar-refractivity contribution is 7.17. The van der Waals surface area contributed by atoms with E-state index in [1.807, 2.05) is 31.2 Å². The number of nitrogens with one attached hydrogen (secondary N) is 2. The Bertz CT molecular complexity index is 1000. The number of rotatable bonds is 6. The van der Waals surface area contributed by atoms with E-state index in [0.29, 0.717) is 22.2 Å². The Labute approximate surface area is 187 Å². The summed E-state index contributed by atoms with van der Waals surface area (Å²) in [6, 6.07) is 7.58. The molecule has 0 saturated carbocycles. The lowest BCUT2D eigenvalue weighted by atomic mass is 9.72. The van der Waals surface area contributed by atoms with Crippen molar-refractivity contribution in [1.29, 1.82) is 0 Å². The van der Waals surface area contributed by atoms with Crippen LogP contribution < -0.4 is 10.6 Å². The van der Waals surface area contributed by atoms with Crippen LogP contribution in [0.5, 0.6) is 0 Å². The van der Waals surface area contributed by atoms with Crippen molar-refractivity contribution in [3.05, 3.63) is 45.8 Å². The Morgan fingerprint density at radius 1 is 1.16 bits per heavy atom. The molecular formula is C24H30N2O4S. The van der Waals surface area contributed by atoms with E-state index in [4.69, 9.17) is 5.11 Å². The minimum Gasteiger partial charge on any atom is -0.481 e. The molecule has 0 fully saturated rings. The maximum absolute atomic E-state index is 13.3. The van der Waals surface area contributed by atoms with Crippen LogP contribution in [0.3, 0.4) is 0 Å². The first kappa shape index (κ1) is 23.0. The number of hydrogen-bond donors (Lipinski definition) is 3. The van der Waals surface area contributed by atoms with Crippen LogP contribution in [0, 0.1) is 18.3 Å². The molecule has 1 aliphatic carbocycles. The van der Waals surface area contributed by atoms with E-state index in [1.54, 1.807) is 0 Å². The van der Waals surface area contributed by atoms with Crippen LogP contribution in [0.1, 0.15) is 66.4 Å². The highest BCUT2D eigenvalue weighted by atomic mass is 32.1. The van der Waals surface area contributed by atoms with Crippen molar-refractivity contribution in [3.63, 3.8) is 0 Å². The first-order valence-electron chi connectivity index (χ1n) is 10.6. The maximum Gasteiger partial charge on any atom is 0.303 e. The van der Waals surface area contributed by atoms with E-state index in [0.717, 1.165) is 35.3 Å². The van der Waals surface area contributed by atoms with E-state index in [2.05, 4.69) is 31.4 Å². The van der Waals surface area contributed by atoms with Gasteiger partial charge in [-0.2, -0.15) is 0 Å². The third kappa shape index (κ3) is 5.73. The number of amides is 2. The summed E-state index contributed by atoms with van der Waals surface area (Å²) in [5.74, 6) is -1.16. The molecule has 2 aromatic rings. The van der Waals surface area contributed by atoms with Crippen LogP contribution in [0.4, 0.5) is 10.7 Å². The standard InChI is InChI=1S/C24H30N2O4S/c1-14-6-5-7-16(12-14)25-22(30)21-17-9-8-15(24(2,3)4)13-18(17)31-23(21)26-19(27)10-11-20(28)29/h5-7,12,15H,8-11,13H2,1-4H3,(H,25,30)(H,26,27)(H,28,29)/t15-/m0/s1. The third-order valence-corrected chi connectivity index (χ3v) is 6.98. The first-order chi connectivity index (χ1) is 14.5. The molecule has 3 N–H and O–H groups in total. The van der Waals surface area contributed by atoms with Crippen LogP contribution in [-0.2, 0) is 22.4 Å². The van der Waals surface area contributed by atoms with Crippen molar-refractivity contribution in [1.82, 2.24) is 0 Å². The predicted octanol–water partition coefficient (Wildman–Crippen LogP) is 5.26. The molecule has 6 nitrogen and oxygen atoms in total. The lowest BCUT2D eigenvalue weighted by Crippen LogP contribution is -2.27. The minimum atomic E-state index is -1.02. The number of benzene rings is 1. The van der Waals surface area contributed by atoms with Gasteiger partial charge >= 0.3 is 5.97 Å². The zero-order chi connectivity index (χ0) is 22.8. The molecular weight excluding hydrogens is 412 g/mol. The molecule has 1 aliphatic rings. The van der Waals surface area contributed by atoms with Gasteiger partial charge in [-0.3, -0.25) is 14.4 Å². The fraction of sp³-hybridized carbons (Fsp3) is 0.458. The largest absolute Gasteiger partial charge is 0.481 e. The second kappa shape index (κ2) is 9.22. The molecule has 0 unspecified atom stereocenters. The van der Waals surface area contributed by atoms with Gasteiger partial charge in [-0.15, -0.1) is 11.3 Å². The van der Waals surface area contributed by atoms with E-state index in [9.17, 15) is 14.4 Å². The quantitative estimate of drug-likeness (QED) is 0.568.